The lowest BCUT2D eigenvalue weighted by Crippen LogP contribution is -1.87. The summed E-state index contributed by atoms with van der Waals surface area (Å²) in [5.74, 6) is 0.849. The van der Waals surface area contributed by atoms with Gasteiger partial charge in [0.2, 0.25) is 0 Å². The van der Waals surface area contributed by atoms with E-state index >= 15 is 0 Å². The van der Waals surface area contributed by atoms with Gasteiger partial charge in [-0.25, -0.2) is 4.98 Å². The first kappa shape index (κ1) is 11.8. The van der Waals surface area contributed by atoms with E-state index in [9.17, 15) is 0 Å². The number of hydrogen-bond acceptors (Lipinski definition) is 2. The van der Waals surface area contributed by atoms with Gasteiger partial charge in [0.1, 0.15) is 5.82 Å². The zero-order chi connectivity index (χ0) is 11.9. The third-order valence-corrected chi connectivity index (χ3v) is 2.76. The molecule has 0 spiro atoms. The molecule has 0 aliphatic carbocycles. The van der Waals surface area contributed by atoms with Crippen LogP contribution in [0.2, 0.25) is 0 Å². The molecule has 3 nitrogen and oxygen atoms in total. The highest BCUT2D eigenvalue weighted by atomic mass is 14.9. The van der Waals surface area contributed by atoms with E-state index in [1.165, 1.54) is 25.7 Å². The summed E-state index contributed by atoms with van der Waals surface area (Å²) in [4.78, 5) is 12.1. The van der Waals surface area contributed by atoms with E-state index in [0.717, 1.165) is 23.4 Å². The zero-order valence-electron chi connectivity index (χ0n) is 10.3. The van der Waals surface area contributed by atoms with Crippen LogP contribution in [0.1, 0.15) is 38.4 Å². The second-order valence-electron chi connectivity index (χ2n) is 4.24. The van der Waals surface area contributed by atoms with Gasteiger partial charge >= 0.3 is 0 Å². The Morgan fingerprint density at radius 1 is 1.24 bits per heavy atom. The Balaban J connectivity index is 1.87. The monoisotopic (exact) mass is 229 g/mol. The van der Waals surface area contributed by atoms with E-state index in [2.05, 4.69) is 21.9 Å². The van der Waals surface area contributed by atoms with E-state index in [-0.39, 0.29) is 0 Å². The van der Waals surface area contributed by atoms with Crippen LogP contribution in [-0.2, 0) is 0 Å². The van der Waals surface area contributed by atoms with Gasteiger partial charge in [-0.1, -0.05) is 38.3 Å². The van der Waals surface area contributed by atoms with Crippen molar-refractivity contribution >= 4 is 17.2 Å². The molecule has 2 rings (SSSR count). The number of aromatic amines is 1. The lowest BCUT2D eigenvalue weighted by Gasteiger charge is -1.93. The van der Waals surface area contributed by atoms with Crippen LogP contribution in [-0.4, -0.2) is 22.7 Å². The van der Waals surface area contributed by atoms with Crippen molar-refractivity contribution in [1.29, 1.82) is 0 Å². The average molecular weight is 229 g/mol. The summed E-state index contributed by atoms with van der Waals surface area (Å²) in [6.45, 7) is 3.12. The van der Waals surface area contributed by atoms with Gasteiger partial charge in [-0.3, -0.25) is 4.99 Å². The van der Waals surface area contributed by atoms with Crippen LogP contribution in [0.15, 0.2) is 29.3 Å². The van der Waals surface area contributed by atoms with Gasteiger partial charge in [0, 0.05) is 6.54 Å². The molecule has 0 atom stereocenters. The molecular weight excluding hydrogens is 210 g/mol. The molecule has 1 aromatic heterocycles. The number of nitrogens with zero attached hydrogens (tertiary/aromatic N) is 2. The van der Waals surface area contributed by atoms with E-state index in [4.69, 9.17) is 0 Å². The van der Waals surface area contributed by atoms with Gasteiger partial charge in [-0.05, 0) is 18.6 Å². The Kier molecular flexibility index (Phi) is 4.30. The Morgan fingerprint density at radius 3 is 2.94 bits per heavy atom. The summed E-state index contributed by atoms with van der Waals surface area (Å²) in [6.07, 6.45) is 6.86. The minimum Gasteiger partial charge on any atom is -0.337 e. The summed E-state index contributed by atoms with van der Waals surface area (Å²) in [5.41, 5.74) is 2.07. The Bertz CT molecular complexity index is 452. The van der Waals surface area contributed by atoms with Crippen molar-refractivity contribution in [3.05, 3.63) is 30.1 Å². The Labute approximate surface area is 102 Å². The van der Waals surface area contributed by atoms with E-state index < -0.39 is 0 Å². The number of nitrogens with one attached hydrogen (secondary N) is 1. The second-order valence-corrected chi connectivity index (χ2v) is 4.24. The van der Waals surface area contributed by atoms with Crippen LogP contribution in [0, 0.1) is 0 Å². The quantitative estimate of drug-likeness (QED) is 0.597. The molecule has 1 heterocycles. The summed E-state index contributed by atoms with van der Waals surface area (Å²) in [5, 5.41) is 0. The lowest BCUT2D eigenvalue weighted by molar-refractivity contribution is 0.676. The third kappa shape index (κ3) is 3.41. The first-order chi connectivity index (χ1) is 8.40. The Morgan fingerprint density at radius 2 is 2.12 bits per heavy atom. The molecule has 0 saturated heterocycles. The van der Waals surface area contributed by atoms with Gasteiger partial charge in [-0.2, -0.15) is 0 Å². The van der Waals surface area contributed by atoms with Crippen LogP contribution in [0.4, 0.5) is 0 Å². The molecule has 0 radical (unpaired) electrons. The smallest absolute Gasteiger partial charge is 0.149 e. The fourth-order valence-corrected chi connectivity index (χ4v) is 1.81. The van der Waals surface area contributed by atoms with Crippen LogP contribution in [0.3, 0.4) is 0 Å². The normalized spacial score (nSPS) is 11.6. The van der Waals surface area contributed by atoms with Gasteiger partial charge in [0.05, 0.1) is 17.2 Å². The molecule has 0 unspecified atom stereocenters. The number of rotatable bonds is 6. The van der Waals surface area contributed by atoms with Crippen molar-refractivity contribution in [2.24, 2.45) is 4.99 Å². The number of imidazole rings is 1. The molecule has 1 N–H and O–H groups in total. The summed E-state index contributed by atoms with van der Waals surface area (Å²) < 4.78 is 0. The number of H-pyrrole nitrogens is 1. The van der Waals surface area contributed by atoms with Gasteiger partial charge in [-0.15, -0.1) is 0 Å². The van der Waals surface area contributed by atoms with E-state index in [1.807, 2.05) is 30.5 Å². The number of unbranched alkanes of at least 4 members (excludes halogenated alkanes) is 3. The molecule has 0 saturated carbocycles. The van der Waals surface area contributed by atoms with Crippen molar-refractivity contribution in [3.63, 3.8) is 0 Å². The van der Waals surface area contributed by atoms with Crippen molar-refractivity contribution in [3.8, 4) is 0 Å². The number of aromatic nitrogens is 2. The fraction of sp³-hybridized carbons (Fsp3) is 0.429. The molecular formula is C14H19N3. The first-order valence-electron chi connectivity index (χ1n) is 6.34. The predicted octanol–water partition coefficient (Wildman–Crippen LogP) is 3.56. The van der Waals surface area contributed by atoms with Crippen LogP contribution >= 0.6 is 0 Å². The third-order valence-electron chi connectivity index (χ3n) is 2.76. The largest absolute Gasteiger partial charge is 0.337 e. The zero-order valence-corrected chi connectivity index (χ0v) is 10.3. The minimum absolute atomic E-state index is 0.849. The molecule has 2 aromatic rings. The number of aliphatic imine (C=N–C) groups is 1. The maximum Gasteiger partial charge on any atom is 0.149 e. The van der Waals surface area contributed by atoms with Crippen LogP contribution in [0.5, 0.6) is 0 Å². The second kappa shape index (κ2) is 6.18. The average Bonchev–Trinajstić information content (AvgIpc) is 2.76. The topological polar surface area (TPSA) is 41.0 Å². The molecule has 3 heteroatoms. The number of hydrogen-bond donors (Lipinski definition) is 1. The minimum atomic E-state index is 0.849. The summed E-state index contributed by atoms with van der Waals surface area (Å²) in [7, 11) is 0. The molecule has 90 valence electrons. The molecule has 0 aliphatic rings. The van der Waals surface area contributed by atoms with E-state index in [0.29, 0.717) is 0 Å². The molecule has 17 heavy (non-hydrogen) atoms. The molecule has 0 amide bonds. The molecule has 0 aliphatic heterocycles. The number of para-hydroxylation sites is 2. The van der Waals surface area contributed by atoms with Gasteiger partial charge < -0.3 is 4.98 Å². The van der Waals surface area contributed by atoms with Crippen molar-refractivity contribution in [2.45, 2.75) is 32.6 Å². The molecule has 1 aromatic carbocycles. The molecule has 0 fully saturated rings. The van der Waals surface area contributed by atoms with Crippen molar-refractivity contribution < 1.29 is 0 Å². The highest BCUT2D eigenvalue weighted by Gasteiger charge is 1.97. The number of benzene rings is 1. The highest BCUT2D eigenvalue weighted by Crippen LogP contribution is 2.08. The van der Waals surface area contributed by atoms with Gasteiger partial charge in [0.25, 0.3) is 0 Å². The Hall–Kier alpha value is -1.64. The maximum atomic E-state index is 4.44. The van der Waals surface area contributed by atoms with E-state index in [1.54, 1.807) is 0 Å². The van der Waals surface area contributed by atoms with Crippen LogP contribution < -0.4 is 0 Å². The predicted molar refractivity (Wildman–Crippen MR) is 72.7 cm³/mol. The summed E-state index contributed by atoms with van der Waals surface area (Å²) >= 11 is 0. The first-order valence-corrected chi connectivity index (χ1v) is 6.34. The lowest BCUT2D eigenvalue weighted by atomic mass is 10.2. The van der Waals surface area contributed by atoms with Crippen LogP contribution in [0.25, 0.3) is 11.0 Å². The molecule has 0 bridgehead atoms. The fourth-order valence-electron chi connectivity index (χ4n) is 1.81. The summed E-state index contributed by atoms with van der Waals surface area (Å²) in [6, 6.07) is 8.03. The number of fused-ring (bicyclic) bond motifs is 1. The standard InChI is InChI=1S/C14H19N3/c1-2-3-4-7-10-15-11-14-16-12-8-5-6-9-13(12)17-14/h5-6,8-9,11H,2-4,7,10H2,1H3,(H,16,17)/b15-11+. The van der Waals surface area contributed by atoms with Crippen molar-refractivity contribution in [1.82, 2.24) is 9.97 Å². The highest BCUT2D eigenvalue weighted by molar-refractivity contribution is 5.83. The maximum absolute atomic E-state index is 4.44. The SMILES string of the molecule is CCCCCC/N=C/c1nc2ccccc2[nH]1. The van der Waals surface area contributed by atoms with Gasteiger partial charge in [0.15, 0.2) is 0 Å². The van der Waals surface area contributed by atoms with Crippen molar-refractivity contribution in [2.75, 3.05) is 6.54 Å².